The fourth-order valence-corrected chi connectivity index (χ4v) is 3.46. The number of rotatable bonds is 4. The van der Waals surface area contributed by atoms with Gasteiger partial charge in [0.05, 0.1) is 11.6 Å². The number of pyridine rings is 1. The zero-order valence-corrected chi connectivity index (χ0v) is 17.4. The summed E-state index contributed by atoms with van der Waals surface area (Å²) in [5.74, 6) is 0.503. The largest absolute Gasteiger partial charge is 0.312 e. The maximum atomic E-state index is 13.0. The van der Waals surface area contributed by atoms with Crippen molar-refractivity contribution in [1.82, 2.24) is 14.8 Å². The molecular formula is C23H25N5O2. The Morgan fingerprint density at radius 2 is 1.83 bits per heavy atom. The summed E-state index contributed by atoms with van der Waals surface area (Å²) in [5.41, 5.74) is 1.47. The molecule has 1 N–H and O–H groups in total. The molecule has 1 aliphatic rings. The highest BCUT2D eigenvalue weighted by molar-refractivity contribution is 6.03. The zero-order valence-electron chi connectivity index (χ0n) is 17.4. The number of benzene rings is 1. The van der Waals surface area contributed by atoms with Crippen LogP contribution in [-0.2, 0) is 15.0 Å². The molecule has 0 saturated carbocycles. The van der Waals surface area contributed by atoms with Crippen molar-refractivity contribution in [3.05, 3.63) is 66.5 Å². The summed E-state index contributed by atoms with van der Waals surface area (Å²) < 4.78 is 1.64. The lowest BCUT2D eigenvalue weighted by atomic mass is 9.92. The molecule has 4 rings (SSSR count). The topological polar surface area (TPSA) is 80.1 Å². The molecule has 1 aromatic carbocycles. The Bertz CT molecular complexity index is 1050. The van der Waals surface area contributed by atoms with Gasteiger partial charge in [-0.25, -0.2) is 4.98 Å². The van der Waals surface area contributed by atoms with Crippen LogP contribution in [0.3, 0.4) is 0 Å². The van der Waals surface area contributed by atoms with Gasteiger partial charge in [-0.15, -0.1) is 0 Å². The first-order chi connectivity index (χ1) is 14.3. The van der Waals surface area contributed by atoms with E-state index in [1.807, 2.05) is 54.6 Å². The van der Waals surface area contributed by atoms with Crippen LogP contribution in [0, 0.1) is 5.92 Å². The Labute approximate surface area is 175 Å². The Balaban J connectivity index is 1.57. The number of para-hydroxylation sites is 1. The van der Waals surface area contributed by atoms with Crippen LogP contribution in [-0.4, -0.2) is 33.1 Å². The van der Waals surface area contributed by atoms with E-state index in [9.17, 15) is 9.59 Å². The van der Waals surface area contributed by atoms with Gasteiger partial charge >= 0.3 is 0 Å². The highest BCUT2D eigenvalue weighted by atomic mass is 16.2. The van der Waals surface area contributed by atoms with Gasteiger partial charge in [0.2, 0.25) is 11.8 Å². The minimum atomic E-state index is -0.428. The summed E-state index contributed by atoms with van der Waals surface area (Å²) in [7, 11) is 0. The second-order valence-corrected chi connectivity index (χ2v) is 8.49. The molecule has 1 aliphatic heterocycles. The van der Waals surface area contributed by atoms with Gasteiger partial charge in [0.25, 0.3) is 0 Å². The molecule has 0 aliphatic carbocycles. The lowest BCUT2D eigenvalue weighted by molar-refractivity contribution is -0.122. The van der Waals surface area contributed by atoms with Gasteiger partial charge in [-0.3, -0.25) is 9.59 Å². The molecule has 154 valence electrons. The fourth-order valence-electron chi connectivity index (χ4n) is 3.46. The van der Waals surface area contributed by atoms with Crippen LogP contribution in [0.2, 0.25) is 0 Å². The van der Waals surface area contributed by atoms with Gasteiger partial charge in [0.1, 0.15) is 5.82 Å². The van der Waals surface area contributed by atoms with Crippen molar-refractivity contribution < 1.29 is 9.59 Å². The van der Waals surface area contributed by atoms with Gasteiger partial charge in [0, 0.05) is 36.3 Å². The predicted octanol–water partition coefficient (Wildman–Crippen LogP) is 3.56. The number of carbonyl (C=O) groups excluding carboxylic acids is 2. The van der Waals surface area contributed by atoms with E-state index in [-0.39, 0.29) is 23.7 Å². The second kappa shape index (κ2) is 7.74. The third-order valence-corrected chi connectivity index (χ3v) is 5.16. The molecule has 1 fully saturated rings. The monoisotopic (exact) mass is 403 g/mol. The molecule has 1 atom stereocenters. The molecule has 3 aromatic rings. The third-order valence-electron chi connectivity index (χ3n) is 5.16. The Hall–Kier alpha value is -3.48. The molecule has 1 unspecified atom stereocenters. The van der Waals surface area contributed by atoms with Crippen molar-refractivity contribution in [2.75, 3.05) is 16.8 Å². The van der Waals surface area contributed by atoms with E-state index in [0.717, 1.165) is 11.4 Å². The zero-order chi connectivity index (χ0) is 21.3. The fraction of sp³-hybridized carbons (Fsp3) is 0.304. The number of nitrogens with zero attached hydrogens (tertiary/aromatic N) is 4. The lowest BCUT2D eigenvalue weighted by Crippen LogP contribution is -2.28. The third kappa shape index (κ3) is 3.96. The van der Waals surface area contributed by atoms with E-state index in [4.69, 9.17) is 0 Å². The molecule has 3 heterocycles. The predicted molar refractivity (Wildman–Crippen MR) is 116 cm³/mol. The number of anilines is 2. The number of amides is 2. The van der Waals surface area contributed by atoms with Crippen molar-refractivity contribution in [2.45, 2.75) is 32.6 Å². The molecule has 30 heavy (non-hydrogen) atoms. The smallest absolute Gasteiger partial charge is 0.230 e. The number of aromatic nitrogens is 3. The molecule has 0 radical (unpaired) electrons. The van der Waals surface area contributed by atoms with E-state index >= 15 is 0 Å². The van der Waals surface area contributed by atoms with E-state index in [2.05, 4.69) is 36.2 Å². The van der Waals surface area contributed by atoms with E-state index < -0.39 is 5.92 Å². The summed E-state index contributed by atoms with van der Waals surface area (Å²) >= 11 is 0. The molecule has 2 aromatic heterocycles. The molecule has 1 saturated heterocycles. The van der Waals surface area contributed by atoms with Gasteiger partial charge in [-0.2, -0.15) is 9.78 Å². The first-order valence-corrected chi connectivity index (χ1v) is 10.0. The second-order valence-electron chi connectivity index (χ2n) is 8.49. The first kappa shape index (κ1) is 19.8. The Morgan fingerprint density at radius 1 is 1.10 bits per heavy atom. The Kier molecular flexibility index (Phi) is 5.11. The van der Waals surface area contributed by atoms with Crippen LogP contribution in [0.25, 0.3) is 5.82 Å². The van der Waals surface area contributed by atoms with Crippen LogP contribution in [0.4, 0.5) is 11.5 Å². The summed E-state index contributed by atoms with van der Waals surface area (Å²) in [4.78, 5) is 31.5. The molecule has 7 heteroatoms. The standard InChI is InChI=1S/C23H25N5O2/c1-23(2,3)18-14-20(28(26-18)19-11-7-8-12-24-19)25-22(30)16-13-21(29)27(15-16)17-9-5-4-6-10-17/h4-12,14,16H,13,15H2,1-3H3,(H,25,30). The maximum absolute atomic E-state index is 13.0. The van der Waals surface area contributed by atoms with Gasteiger partial charge < -0.3 is 10.2 Å². The summed E-state index contributed by atoms with van der Waals surface area (Å²) in [6.07, 6.45) is 1.87. The summed E-state index contributed by atoms with van der Waals surface area (Å²) in [6.45, 7) is 6.56. The minimum absolute atomic E-state index is 0.0463. The first-order valence-electron chi connectivity index (χ1n) is 10.0. The molecule has 0 bridgehead atoms. The van der Waals surface area contributed by atoms with Crippen LogP contribution in [0.5, 0.6) is 0 Å². The van der Waals surface area contributed by atoms with Crippen molar-refractivity contribution in [3.63, 3.8) is 0 Å². The highest BCUT2D eigenvalue weighted by Gasteiger charge is 2.35. The lowest BCUT2D eigenvalue weighted by Gasteiger charge is -2.16. The number of hydrogen-bond acceptors (Lipinski definition) is 4. The van der Waals surface area contributed by atoms with Crippen molar-refractivity contribution in [3.8, 4) is 5.82 Å². The maximum Gasteiger partial charge on any atom is 0.230 e. The van der Waals surface area contributed by atoms with Crippen LogP contribution < -0.4 is 10.2 Å². The van der Waals surface area contributed by atoms with Crippen LogP contribution in [0.1, 0.15) is 32.9 Å². The van der Waals surface area contributed by atoms with E-state index in [0.29, 0.717) is 18.2 Å². The van der Waals surface area contributed by atoms with Crippen LogP contribution >= 0.6 is 0 Å². The van der Waals surface area contributed by atoms with Crippen LogP contribution in [0.15, 0.2) is 60.8 Å². The molecule has 2 amide bonds. The number of nitrogens with one attached hydrogen (secondary N) is 1. The summed E-state index contributed by atoms with van der Waals surface area (Å²) in [6, 6.07) is 16.8. The van der Waals surface area contributed by atoms with E-state index in [1.165, 1.54) is 0 Å². The van der Waals surface area contributed by atoms with Crippen molar-refractivity contribution >= 4 is 23.3 Å². The Morgan fingerprint density at radius 3 is 2.50 bits per heavy atom. The average molecular weight is 403 g/mol. The number of hydrogen-bond donors (Lipinski definition) is 1. The van der Waals surface area contributed by atoms with E-state index in [1.54, 1.807) is 15.8 Å². The minimum Gasteiger partial charge on any atom is -0.312 e. The molecular weight excluding hydrogens is 378 g/mol. The van der Waals surface area contributed by atoms with Gasteiger partial charge in [-0.1, -0.05) is 45.0 Å². The number of carbonyl (C=O) groups is 2. The summed E-state index contributed by atoms with van der Waals surface area (Å²) in [5, 5.41) is 7.65. The van der Waals surface area contributed by atoms with Gasteiger partial charge in [-0.05, 0) is 24.3 Å². The SMILES string of the molecule is CC(C)(C)c1cc(NC(=O)C2CC(=O)N(c3ccccc3)C2)n(-c2ccccn2)n1. The highest BCUT2D eigenvalue weighted by Crippen LogP contribution is 2.28. The molecule has 7 nitrogen and oxygen atoms in total. The average Bonchev–Trinajstić information content (AvgIpc) is 3.33. The quantitative estimate of drug-likeness (QED) is 0.722. The normalized spacial score (nSPS) is 16.7. The van der Waals surface area contributed by atoms with Crippen molar-refractivity contribution in [1.29, 1.82) is 0 Å². The van der Waals surface area contributed by atoms with Crippen molar-refractivity contribution in [2.24, 2.45) is 5.92 Å². The van der Waals surface area contributed by atoms with Gasteiger partial charge in [0.15, 0.2) is 5.82 Å². The molecule has 0 spiro atoms.